The summed E-state index contributed by atoms with van der Waals surface area (Å²) >= 11 is 7.48. The number of halogens is 1. The Hall–Kier alpha value is -1.66. The molecule has 1 atom stereocenters. The fourth-order valence-corrected chi connectivity index (χ4v) is 3.17. The van der Waals surface area contributed by atoms with Crippen LogP contribution in [0.25, 0.3) is 10.2 Å². The summed E-state index contributed by atoms with van der Waals surface area (Å²) in [6.07, 6.45) is 0.823. The van der Waals surface area contributed by atoms with Crippen molar-refractivity contribution in [3.63, 3.8) is 0 Å². The number of carbonyl (C=O) groups excluding carboxylic acids is 2. The highest BCUT2D eigenvalue weighted by atomic mass is 35.5. The van der Waals surface area contributed by atoms with Crippen LogP contribution < -0.4 is 10.6 Å². The van der Waals surface area contributed by atoms with Gasteiger partial charge in [-0.1, -0.05) is 29.0 Å². The molecule has 1 aromatic heterocycles. The van der Waals surface area contributed by atoms with Gasteiger partial charge in [0, 0.05) is 6.42 Å². The number of piperidine rings is 1. The van der Waals surface area contributed by atoms with Crippen molar-refractivity contribution >= 4 is 50.1 Å². The number of hydrogen-bond acceptors (Lipinski definition) is 5. The number of carbonyl (C=O) groups is 2. The fraction of sp³-hybridized carbons (Fsp3) is 0.250. The number of hydrogen-bond donors (Lipinski definition) is 2. The van der Waals surface area contributed by atoms with E-state index in [0.717, 1.165) is 10.2 Å². The first kappa shape index (κ1) is 12.4. The van der Waals surface area contributed by atoms with Crippen LogP contribution in [0.3, 0.4) is 0 Å². The molecule has 0 saturated carbocycles. The largest absolute Gasteiger partial charge is 0.350 e. The average Bonchev–Trinajstić information content (AvgIpc) is 2.77. The van der Waals surface area contributed by atoms with Gasteiger partial charge < -0.3 is 5.32 Å². The quantitative estimate of drug-likeness (QED) is 0.833. The van der Waals surface area contributed by atoms with Gasteiger partial charge in [0.1, 0.15) is 6.04 Å². The zero-order valence-electron chi connectivity index (χ0n) is 9.77. The molecule has 7 heteroatoms. The molecule has 1 saturated heterocycles. The summed E-state index contributed by atoms with van der Waals surface area (Å²) in [4.78, 5) is 27.1. The molecule has 1 aliphatic heterocycles. The van der Waals surface area contributed by atoms with Gasteiger partial charge in [-0.25, -0.2) is 4.98 Å². The van der Waals surface area contributed by atoms with E-state index in [1.807, 2.05) is 12.1 Å². The van der Waals surface area contributed by atoms with Crippen LogP contribution in [0.15, 0.2) is 18.2 Å². The van der Waals surface area contributed by atoms with E-state index in [-0.39, 0.29) is 11.8 Å². The maximum absolute atomic E-state index is 11.6. The number of anilines is 1. The van der Waals surface area contributed by atoms with Crippen molar-refractivity contribution in [2.75, 3.05) is 5.32 Å². The highest BCUT2D eigenvalue weighted by Gasteiger charge is 2.27. The van der Waals surface area contributed by atoms with Crippen LogP contribution in [0, 0.1) is 0 Å². The van der Waals surface area contributed by atoms with E-state index in [1.54, 1.807) is 6.07 Å². The lowest BCUT2D eigenvalue weighted by Gasteiger charge is -2.21. The molecule has 2 heterocycles. The number of thiazole rings is 1. The minimum Gasteiger partial charge on any atom is -0.350 e. The Morgan fingerprint density at radius 1 is 1.42 bits per heavy atom. The highest BCUT2D eigenvalue weighted by molar-refractivity contribution is 7.22. The SMILES string of the molecule is O=C1CCC(Nc2nc3cccc(Cl)c3s2)C(=O)N1. The maximum atomic E-state index is 11.6. The van der Waals surface area contributed by atoms with Crippen LogP contribution in [-0.4, -0.2) is 22.8 Å². The van der Waals surface area contributed by atoms with Crippen molar-refractivity contribution in [3.05, 3.63) is 23.2 Å². The van der Waals surface area contributed by atoms with Crippen molar-refractivity contribution < 1.29 is 9.59 Å². The second kappa shape index (κ2) is 4.79. The molecule has 0 aliphatic carbocycles. The average molecular weight is 296 g/mol. The number of fused-ring (bicyclic) bond motifs is 1. The van der Waals surface area contributed by atoms with Crippen molar-refractivity contribution in [3.8, 4) is 0 Å². The van der Waals surface area contributed by atoms with E-state index in [2.05, 4.69) is 15.6 Å². The van der Waals surface area contributed by atoms with Crippen molar-refractivity contribution in [2.45, 2.75) is 18.9 Å². The van der Waals surface area contributed by atoms with E-state index < -0.39 is 6.04 Å². The first-order chi connectivity index (χ1) is 9.13. The predicted molar refractivity (Wildman–Crippen MR) is 74.4 cm³/mol. The normalized spacial score (nSPS) is 19.5. The number of rotatable bonds is 2. The van der Waals surface area contributed by atoms with Gasteiger partial charge in [-0.05, 0) is 18.6 Å². The highest BCUT2D eigenvalue weighted by Crippen LogP contribution is 2.32. The second-order valence-electron chi connectivity index (χ2n) is 4.26. The Morgan fingerprint density at radius 2 is 2.26 bits per heavy atom. The molecule has 0 radical (unpaired) electrons. The monoisotopic (exact) mass is 295 g/mol. The molecule has 5 nitrogen and oxygen atoms in total. The summed E-state index contributed by atoms with van der Waals surface area (Å²) in [6.45, 7) is 0. The summed E-state index contributed by atoms with van der Waals surface area (Å²) in [7, 11) is 0. The molecule has 98 valence electrons. The summed E-state index contributed by atoms with van der Waals surface area (Å²) in [5, 5.41) is 6.64. The molecule has 2 amide bonds. The smallest absolute Gasteiger partial charge is 0.249 e. The van der Waals surface area contributed by atoms with Crippen LogP contribution in [0.5, 0.6) is 0 Å². The van der Waals surface area contributed by atoms with Gasteiger partial charge in [0.15, 0.2) is 5.13 Å². The lowest BCUT2D eigenvalue weighted by molar-refractivity contribution is -0.133. The van der Waals surface area contributed by atoms with Crippen LogP contribution in [0.4, 0.5) is 5.13 Å². The van der Waals surface area contributed by atoms with E-state index in [0.29, 0.717) is 23.0 Å². The number of aromatic nitrogens is 1. The second-order valence-corrected chi connectivity index (χ2v) is 5.66. The topological polar surface area (TPSA) is 71.1 Å². The third-order valence-electron chi connectivity index (χ3n) is 2.90. The first-order valence-corrected chi connectivity index (χ1v) is 6.98. The molecule has 0 spiro atoms. The minimum atomic E-state index is -0.419. The van der Waals surface area contributed by atoms with Gasteiger partial charge in [-0.2, -0.15) is 0 Å². The maximum Gasteiger partial charge on any atom is 0.249 e. The zero-order chi connectivity index (χ0) is 13.4. The molecule has 19 heavy (non-hydrogen) atoms. The van der Waals surface area contributed by atoms with Gasteiger partial charge >= 0.3 is 0 Å². The Kier molecular flexibility index (Phi) is 3.12. The van der Waals surface area contributed by atoms with Crippen molar-refractivity contribution in [2.24, 2.45) is 0 Å². The van der Waals surface area contributed by atoms with Gasteiger partial charge in [0.25, 0.3) is 0 Å². The summed E-state index contributed by atoms with van der Waals surface area (Å²) < 4.78 is 0.888. The number of amides is 2. The molecular weight excluding hydrogens is 286 g/mol. The molecule has 2 aromatic rings. The number of imide groups is 1. The third-order valence-corrected chi connectivity index (χ3v) is 4.37. The standard InChI is InChI=1S/C12H10ClN3O2S/c13-6-2-1-3-7-10(6)19-12(14-7)15-8-4-5-9(17)16-11(8)18/h1-3,8H,4-5H2,(H,14,15)(H,16,17,18). The van der Waals surface area contributed by atoms with Crippen LogP contribution >= 0.6 is 22.9 Å². The van der Waals surface area contributed by atoms with E-state index in [4.69, 9.17) is 11.6 Å². The first-order valence-electron chi connectivity index (χ1n) is 5.79. The number of nitrogens with zero attached hydrogens (tertiary/aromatic N) is 1. The van der Waals surface area contributed by atoms with E-state index in [9.17, 15) is 9.59 Å². The summed E-state index contributed by atoms with van der Waals surface area (Å²) in [6, 6.07) is 5.09. The van der Waals surface area contributed by atoms with Crippen molar-refractivity contribution in [1.29, 1.82) is 0 Å². The van der Waals surface area contributed by atoms with Crippen LogP contribution in [0.1, 0.15) is 12.8 Å². The molecule has 3 rings (SSSR count). The van der Waals surface area contributed by atoms with Gasteiger partial charge in [-0.3, -0.25) is 14.9 Å². The van der Waals surface area contributed by atoms with E-state index >= 15 is 0 Å². The predicted octanol–water partition coefficient (Wildman–Crippen LogP) is 2.17. The van der Waals surface area contributed by atoms with E-state index in [1.165, 1.54) is 11.3 Å². The molecule has 1 aliphatic rings. The molecule has 1 aromatic carbocycles. The Morgan fingerprint density at radius 3 is 3.00 bits per heavy atom. The zero-order valence-corrected chi connectivity index (χ0v) is 11.3. The summed E-state index contributed by atoms with van der Waals surface area (Å²) in [5.74, 6) is -0.531. The molecule has 2 N–H and O–H groups in total. The van der Waals surface area contributed by atoms with Crippen LogP contribution in [0.2, 0.25) is 5.02 Å². The molecule has 1 unspecified atom stereocenters. The Balaban J connectivity index is 1.83. The molecule has 0 bridgehead atoms. The Labute approximate surface area is 118 Å². The fourth-order valence-electron chi connectivity index (χ4n) is 1.96. The third kappa shape index (κ3) is 2.41. The number of benzene rings is 1. The lowest BCUT2D eigenvalue weighted by atomic mass is 10.1. The van der Waals surface area contributed by atoms with Gasteiger partial charge in [0.05, 0.1) is 15.2 Å². The molecular formula is C12H10ClN3O2S. The van der Waals surface area contributed by atoms with Crippen molar-refractivity contribution in [1.82, 2.24) is 10.3 Å². The van der Waals surface area contributed by atoms with Gasteiger partial charge in [-0.15, -0.1) is 0 Å². The lowest BCUT2D eigenvalue weighted by Crippen LogP contribution is -2.47. The minimum absolute atomic E-state index is 0.226. The Bertz CT molecular complexity index is 670. The van der Waals surface area contributed by atoms with Gasteiger partial charge in [0.2, 0.25) is 11.8 Å². The summed E-state index contributed by atoms with van der Waals surface area (Å²) in [5.41, 5.74) is 0.798. The van der Waals surface area contributed by atoms with Crippen LogP contribution in [-0.2, 0) is 9.59 Å². The molecule has 1 fully saturated rings. The number of nitrogens with one attached hydrogen (secondary N) is 2.